The Morgan fingerprint density at radius 2 is 1.05 bits per heavy atom. The van der Waals surface area contributed by atoms with E-state index in [9.17, 15) is 0 Å². The molecule has 60 heavy (non-hydrogen) atoms. The highest BCUT2D eigenvalue weighted by atomic mass is 32.1. The van der Waals surface area contributed by atoms with Gasteiger partial charge < -0.3 is 0 Å². The molecule has 0 aliphatic heterocycles. The Morgan fingerprint density at radius 1 is 0.367 bits per heavy atom. The molecule has 13 rings (SSSR count). The van der Waals surface area contributed by atoms with E-state index >= 15 is 0 Å². The van der Waals surface area contributed by atoms with Crippen LogP contribution in [0.25, 0.3) is 125 Å². The second-order valence-electron chi connectivity index (χ2n) is 15.7. The van der Waals surface area contributed by atoms with Gasteiger partial charge in [0.05, 0.1) is 22.2 Å². The van der Waals surface area contributed by atoms with E-state index in [0.29, 0.717) is 5.95 Å². The Balaban J connectivity index is 1.11. The topological polar surface area (TPSA) is 30.7 Å². The number of fused-ring (bicyclic) bond motifs is 11. The quantitative estimate of drug-likeness (QED) is 0.178. The van der Waals surface area contributed by atoms with Crippen molar-refractivity contribution in [2.45, 2.75) is 0 Å². The maximum absolute atomic E-state index is 5.64. The second kappa shape index (κ2) is 12.9. The summed E-state index contributed by atoms with van der Waals surface area (Å²) < 4.78 is 4.91. The summed E-state index contributed by atoms with van der Waals surface area (Å²) in [6, 6.07) is 72.6. The van der Waals surface area contributed by atoms with Crippen LogP contribution in [0, 0.1) is 0 Å². The highest BCUT2D eigenvalue weighted by Gasteiger charge is 2.22. The molecule has 0 saturated carbocycles. The molecule has 10 aromatic carbocycles. The molecule has 0 unspecified atom stereocenters. The predicted octanol–water partition coefficient (Wildman–Crippen LogP) is 15.6. The third-order valence-corrected chi connectivity index (χ3v) is 13.5. The Labute approximate surface area is 349 Å². The third-order valence-electron chi connectivity index (χ3n) is 12.4. The van der Waals surface area contributed by atoms with Crippen molar-refractivity contribution in [3.8, 4) is 39.5 Å². The van der Waals surface area contributed by atoms with Crippen molar-refractivity contribution in [1.29, 1.82) is 0 Å². The summed E-state index contributed by atoms with van der Waals surface area (Å²) in [6.07, 6.45) is 0. The molecule has 0 aliphatic rings. The Hall–Kier alpha value is -7.66. The maximum atomic E-state index is 5.64. The van der Waals surface area contributed by atoms with Crippen LogP contribution < -0.4 is 0 Å². The smallest absolute Gasteiger partial charge is 0.235 e. The van der Waals surface area contributed by atoms with Crippen LogP contribution in [-0.2, 0) is 0 Å². The van der Waals surface area contributed by atoms with Gasteiger partial charge in [0.25, 0.3) is 0 Å². The van der Waals surface area contributed by atoms with Crippen molar-refractivity contribution in [3.63, 3.8) is 0 Å². The highest BCUT2D eigenvalue weighted by molar-refractivity contribution is 7.26. The van der Waals surface area contributed by atoms with Gasteiger partial charge in [-0.05, 0) is 79.3 Å². The number of aromatic nitrogens is 3. The van der Waals surface area contributed by atoms with E-state index in [4.69, 9.17) is 9.97 Å². The van der Waals surface area contributed by atoms with Crippen LogP contribution in [0.3, 0.4) is 0 Å². The van der Waals surface area contributed by atoms with Crippen LogP contribution in [-0.4, -0.2) is 14.5 Å². The fourth-order valence-corrected chi connectivity index (χ4v) is 10.8. The lowest BCUT2D eigenvalue weighted by molar-refractivity contribution is 1.02. The summed E-state index contributed by atoms with van der Waals surface area (Å²) >= 11 is 1.87. The molecule has 0 N–H and O–H groups in total. The van der Waals surface area contributed by atoms with Crippen LogP contribution in [0.1, 0.15) is 0 Å². The van der Waals surface area contributed by atoms with Gasteiger partial charge in [0.15, 0.2) is 0 Å². The summed E-state index contributed by atoms with van der Waals surface area (Å²) in [5.74, 6) is 0.650. The summed E-state index contributed by atoms with van der Waals surface area (Å²) in [7, 11) is 0. The number of nitrogens with zero attached hydrogens (tertiary/aromatic N) is 3. The first-order valence-corrected chi connectivity index (χ1v) is 21.2. The van der Waals surface area contributed by atoms with Crippen LogP contribution in [0.4, 0.5) is 0 Å². The summed E-state index contributed by atoms with van der Waals surface area (Å²) in [6.45, 7) is 0. The molecule has 0 aliphatic carbocycles. The molecule has 0 spiro atoms. The van der Waals surface area contributed by atoms with Gasteiger partial charge in [-0.3, -0.25) is 4.57 Å². The van der Waals surface area contributed by atoms with Gasteiger partial charge in [-0.15, -0.1) is 11.3 Å². The molecule has 0 atom stereocenters. The van der Waals surface area contributed by atoms with E-state index < -0.39 is 0 Å². The minimum absolute atomic E-state index is 0.650. The number of hydrogen-bond donors (Lipinski definition) is 0. The fraction of sp³-hybridized carbons (Fsp3) is 0. The Morgan fingerprint density at radius 3 is 1.90 bits per heavy atom. The molecule has 3 nitrogen and oxygen atoms in total. The monoisotopic (exact) mass is 779 g/mol. The number of rotatable bonds is 4. The van der Waals surface area contributed by atoms with Gasteiger partial charge in [-0.2, -0.15) is 0 Å². The van der Waals surface area contributed by atoms with Crippen molar-refractivity contribution in [3.05, 3.63) is 200 Å². The van der Waals surface area contributed by atoms with Crippen molar-refractivity contribution in [2.75, 3.05) is 0 Å². The van der Waals surface area contributed by atoms with Crippen molar-refractivity contribution < 1.29 is 0 Å². The van der Waals surface area contributed by atoms with Gasteiger partial charge in [-0.1, -0.05) is 170 Å². The molecule has 0 saturated heterocycles. The molecule has 0 fully saturated rings. The van der Waals surface area contributed by atoms with Gasteiger partial charge >= 0.3 is 0 Å². The zero-order chi connectivity index (χ0) is 39.3. The number of para-hydroxylation sites is 2. The lowest BCUT2D eigenvalue weighted by Gasteiger charge is -2.16. The van der Waals surface area contributed by atoms with Gasteiger partial charge in [0, 0.05) is 47.5 Å². The normalized spacial score (nSPS) is 12.0. The summed E-state index contributed by atoms with van der Waals surface area (Å²) in [4.78, 5) is 11.1. The first kappa shape index (κ1) is 33.3. The van der Waals surface area contributed by atoms with Gasteiger partial charge in [0.2, 0.25) is 5.95 Å². The molecular weight excluding hydrogens is 747 g/mol. The molecule has 0 amide bonds. The largest absolute Gasteiger partial charge is 0.277 e. The van der Waals surface area contributed by atoms with E-state index in [1.54, 1.807) is 0 Å². The molecule has 4 heteroatoms. The number of thiophene rings is 1. The average Bonchev–Trinajstić information content (AvgIpc) is 3.85. The number of benzene rings is 10. The Bertz CT molecular complexity index is 3900. The van der Waals surface area contributed by atoms with E-state index in [1.807, 2.05) is 11.3 Å². The first-order chi connectivity index (χ1) is 29.7. The van der Waals surface area contributed by atoms with Crippen molar-refractivity contribution >= 4 is 96.5 Å². The average molecular weight is 780 g/mol. The van der Waals surface area contributed by atoms with Crippen molar-refractivity contribution in [1.82, 2.24) is 14.5 Å². The summed E-state index contributed by atoms with van der Waals surface area (Å²) in [5, 5.41) is 13.3. The first-order valence-electron chi connectivity index (χ1n) is 20.4. The minimum Gasteiger partial charge on any atom is -0.277 e. The molecule has 3 heterocycles. The standard InChI is InChI=1S/C56H33N3S/c1-2-13-34(14-3-1)39-28-29-44(43-20-9-8-19-42(39)43)54-46-21-10-11-24-49(46)57-56(58-54)59-50-32-37-17-5-4-16-36(37)31-48(50)45-23-12-22-41(55(45)59)38-25-27-47-52(33-38)60-51-30-26-35-15-6-7-18-40(35)53(47)51/h1-33H. The van der Waals surface area contributed by atoms with Crippen LogP contribution in [0.15, 0.2) is 200 Å². The van der Waals surface area contributed by atoms with Gasteiger partial charge in [0.1, 0.15) is 0 Å². The van der Waals surface area contributed by atoms with Crippen LogP contribution >= 0.6 is 11.3 Å². The van der Waals surface area contributed by atoms with E-state index in [2.05, 4.69) is 205 Å². The molecule has 0 bridgehead atoms. The zero-order valence-corrected chi connectivity index (χ0v) is 33.1. The molecule has 0 radical (unpaired) electrons. The predicted molar refractivity (Wildman–Crippen MR) is 256 cm³/mol. The third kappa shape index (κ3) is 4.95. The second-order valence-corrected chi connectivity index (χ2v) is 16.8. The Kier molecular flexibility index (Phi) is 7.18. The van der Waals surface area contributed by atoms with Gasteiger partial charge in [-0.25, -0.2) is 9.97 Å². The fourth-order valence-electron chi connectivity index (χ4n) is 9.65. The molecule has 278 valence electrons. The van der Waals surface area contributed by atoms with E-state index in [-0.39, 0.29) is 0 Å². The SMILES string of the molecule is c1ccc(-c2ccc(-c3nc(-n4c5cc6ccccc6cc5c5cccc(-c6ccc7c(c6)sc6ccc8ccccc8c67)c54)nc4ccccc34)c3ccccc23)cc1. The minimum atomic E-state index is 0.650. The van der Waals surface area contributed by atoms with E-state index in [0.717, 1.165) is 44.1 Å². The lowest BCUT2D eigenvalue weighted by atomic mass is 9.93. The van der Waals surface area contributed by atoms with E-state index in [1.165, 1.54) is 74.6 Å². The highest BCUT2D eigenvalue weighted by Crippen LogP contribution is 2.44. The summed E-state index contributed by atoms with van der Waals surface area (Å²) in [5.41, 5.74) is 9.79. The lowest BCUT2D eigenvalue weighted by Crippen LogP contribution is -2.04. The zero-order valence-electron chi connectivity index (χ0n) is 32.3. The van der Waals surface area contributed by atoms with Crippen LogP contribution in [0.2, 0.25) is 0 Å². The number of hydrogen-bond acceptors (Lipinski definition) is 3. The molecule has 3 aromatic heterocycles. The van der Waals surface area contributed by atoms with Crippen LogP contribution in [0.5, 0.6) is 0 Å². The maximum Gasteiger partial charge on any atom is 0.235 e. The molecule has 13 aromatic rings. The molecular formula is C56H33N3S. The van der Waals surface area contributed by atoms with Crippen molar-refractivity contribution in [2.24, 2.45) is 0 Å².